The van der Waals surface area contributed by atoms with Gasteiger partial charge in [-0.2, -0.15) is 0 Å². The summed E-state index contributed by atoms with van der Waals surface area (Å²) in [6.45, 7) is 0. The Morgan fingerprint density at radius 2 is 2.00 bits per heavy atom. The van der Waals surface area contributed by atoms with Crippen molar-refractivity contribution < 1.29 is 14.7 Å². The summed E-state index contributed by atoms with van der Waals surface area (Å²) < 4.78 is 0. The van der Waals surface area contributed by atoms with Gasteiger partial charge in [-0.25, -0.2) is 0 Å². The first-order valence-corrected chi connectivity index (χ1v) is 3.94. The Bertz CT molecular complexity index is 165. The second-order valence-electron chi connectivity index (χ2n) is 3.03. The van der Waals surface area contributed by atoms with Crippen LogP contribution in [0.5, 0.6) is 0 Å². The third kappa shape index (κ3) is 1.79. The number of hydrogen-bond acceptors (Lipinski definition) is 2. The molecule has 0 heterocycles. The first-order valence-electron chi connectivity index (χ1n) is 3.94. The number of carbonyl (C=O) groups is 2. The van der Waals surface area contributed by atoms with Crippen LogP contribution in [0.2, 0.25) is 0 Å². The molecule has 3 nitrogen and oxygen atoms in total. The van der Waals surface area contributed by atoms with Gasteiger partial charge in [0, 0.05) is 5.92 Å². The zero-order valence-corrected chi connectivity index (χ0v) is 6.32. The average Bonchev–Trinajstić information content (AvgIpc) is 2.04. The summed E-state index contributed by atoms with van der Waals surface area (Å²) in [6, 6.07) is 0. The number of aldehydes is 1. The van der Waals surface area contributed by atoms with E-state index >= 15 is 0 Å². The number of rotatable bonds is 2. The largest absolute Gasteiger partial charge is 0.481 e. The molecule has 0 aliphatic heterocycles. The molecule has 1 rings (SSSR count). The van der Waals surface area contributed by atoms with Crippen LogP contribution in [0.1, 0.15) is 25.7 Å². The van der Waals surface area contributed by atoms with Crippen LogP contribution < -0.4 is 0 Å². The quantitative estimate of drug-likeness (QED) is 0.608. The topological polar surface area (TPSA) is 54.4 Å². The zero-order chi connectivity index (χ0) is 8.27. The predicted octanol–water partition coefficient (Wildman–Crippen LogP) is 1.08. The maximum Gasteiger partial charge on any atom is 0.307 e. The molecule has 1 aliphatic rings. The highest BCUT2D eigenvalue weighted by atomic mass is 16.4. The molecule has 2 atom stereocenters. The number of carboxylic acids is 1. The molecule has 0 spiro atoms. The molecule has 1 aliphatic carbocycles. The second-order valence-corrected chi connectivity index (χ2v) is 3.03. The van der Waals surface area contributed by atoms with Gasteiger partial charge in [-0.1, -0.05) is 12.8 Å². The van der Waals surface area contributed by atoms with Crippen molar-refractivity contribution in [3.05, 3.63) is 0 Å². The van der Waals surface area contributed by atoms with Gasteiger partial charge in [-0.3, -0.25) is 4.79 Å². The summed E-state index contributed by atoms with van der Waals surface area (Å²) in [5.74, 6) is -1.47. The van der Waals surface area contributed by atoms with Gasteiger partial charge in [0.25, 0.3) is 0 Å². The minimum atomic E-state index is -0.818. The molecule has 0 amide bonds. The van der Waals surface area contributed by atoms with Gasteiger partial charge >= 0.3 is 5.97 Å². The highest BCUT2D eigenvalue weighted by Gasteiger charge is 2.29. The van der Waals surface area contributed by atoms with E-state index in [4.69, 9.17) is 5.11 Å². The number of hydrogen-bond donors (Lipinski definition) is 1. The van der Waals surface area contributed by atoms with Crippen molar-refractivity contribution in [1.82, 2.24) is 0 Å². The first-order chi connectivity index (χ1) is 5.25. The zero-order valence-electron chi connectivity index (χ0n) is 6.32. The fourth-order valence-corrected chi connectivity index (χ4v) is 1.63. The molecule has 0 saturated heterocycles. The molecule has 0 radical (unpaired) electrons. The van der Waals surface area contributed by atoms with Crippen molar-refractivity contribution in [2.24, 2.45) is 11.8 Å². The number of carboxylic acid groups (broad SMARTS) is 1. The van der Waals surface area contributed by atoms with E-state index in [0.29, 0.717) is 6.42 Å². The Morgan fingerprint density at radius 3 is 2.45 bits per heavy atom. The lowest BCUT2D eigenvalue weighted by Crippen LogP contribution is -2.27. The van der Waals surface area contributed by atoms with Gasteiger partial charge in [0.2, 0.25) is 0 Å². The highest BCUT2D eigenvalue weighted by Crippen LogP contribution is 2.28. The van der Waals surface area contributed by atoms with E-state index in [-0.39, 0.29) is 5.92 Å². The Balaban J connectivity index is 2.58. The van der Waals surface area contributed by atoms with Gasteiger partial charge in [0.05, 0.1) is 5.92 Å². The molecule has 11 heavy (non-hydrogen) atoms. The molecule has 0 unspecified atom stereocenters. The SMILES string of the molecule is O=C[C@@H]1CCCC[C@@H]1C(=O)O. The summed E-state index contributed by atoms with van der Waals surface area (Å²) in [5, 5.41) is 8.68. The van der Waals surface area contributed by atoms with Crippen molar-refractivity contribution >= 4 is 12.3 Å². The van der Waals surface area contributed by atoms with Crippen LogP contribution in [0, 0.1) is 11.8 Å². The van der Waals surface area contributed by atoms with Crippen LogP contribution in [0.15, 0.2) is 0 Å². The van der Waals surface area contributed by atoms with Gasteiger partial charge in [0.15, 0.2) is 0 Å². The molecule has 62 valence electrons. The van der Waals surface area contributed by atoms with Crippen molar-refractivity contribution in [3.8, 4) is 0 Å². The lowest BCUT2D eigenvalue weighted by Gasteiger charge is -2.23. The Labute approximate surface area is 65.4 Å². The van der Waals surface area contributed by atoms with Gasteiger partial charge in [-0.05, 0) is 12.8 Å². The highest BCUT2D eigenvalue weighted by molar-refractivity contribution is 5.75. The Kier molecular flexibility index (Phi) is 2.63. The minimum absolute atomic E-state index is 0.235. The molecule has 0 aromatic rings. The Morgan fingerprint density at radius 1 is 1.36 bits per heavy atom. The average molecular weight is 156 g/mol. The lowest BCUT2D eigenvalue weighted by atomic mass is 9.80. The van der Waals surface area contributed by atoms with Crippen LogP contribution in [0.4, 0.5) is 0 Å². The fraction of sp³-hybridized carbons (Fsp3) is 0.750. The Hall–Kier alpha value is -0.860. The van der Waals surface area contributed by atoms with Crippen molar-refractivity contribution in [1.29, 1.82) is 0 Å². The van der Waals surface area contributed by atoms with Crippen LogP contribution in [-0.2, 0) is 9.59 Å². The fourth-order valence-electron chi connectivity index (χ4n) is 1.63. The molecule has 0 aromatic heterocycles. The van der Waals surface area contributed by atoms with E-state index in [2.05, 4.69) is 0 Å². The summed E-state index contributed by atoms with van der Waals surface area (Å²) in [4.78, 5) is 21.0. The smallest absolute Gasteiger partial charge is 0.307 e. The van der Waals surface area contributed by atoms with E-state index in [1.165, 1.54) is 0 Å². The molecular formula is C8H12O3. The standard InChI is InChI=1S/C8H12O3/c9-5-6-3-1-2-4-7(6)8(10)11/h5-7H,1-4H2,(H,10,11)/t6-,7-/m0/s1. The molecule has 1 saturated carbocycles. The van der Waals surface area contributed by atoms with Gasteiger partial charge < -0.3 is 9.90 Å². The maximum absolute atomic E-state index is 10.6. The van der Waals surface area contributed by atoms with Crippen LogP contribution in [0.3, 0.4) is 0 Å². The second kappa shape index (κ2) is 3.51. The van der Waals surface area contributed by atoms with Crippen LogP contribution in [0.25, 0.3) is 0 Å². The first kappa shape index (κ1) is 8.24. The number of aliphatic carboxylic acids is 1. The monoisotopic (exact) mass is 156 g/mol. The minimum Gasteiger partial charge on any atom is -0.481 e. The van der Waals surface area contributed by atoms with E-state index in [1.807, 2.05) is 0 Å². The number of carbonyl (C=O) groups excluding carboxylic acids is 1. The molecule has 1 fully saturated rings. The van der Waals surface area contributed by atoms with Gasteiger partial charge in [0.1, 0.15) is 6.29 Å². The maximum atomic E-state index is 10.6. The summed E-state index contributed by atoms with van der Waals surface area (Å²) in [5.41, 5.74) is 0. The predicted molar refractivity (Wildman–Crippen MR) is 39.1 cm³/mol. The molecule has 0 bridgehead atoms. The summed E-state index contributed by atoms with van der Waals surface area (Å²) in [7, 11) is 0. The van der Waals surface area contributed by atoms with Crippen LogP contribution >= 0.6 is 0 Å². The third-order valence-corrected chi connectivity index (χ3v) is 2.31. The van der Waals surface area contributed by atoms with E-state index < -0.39 is 11.9 Å². The van der Waals surface area contributed by atoms with Gasteiger partial charge in [-0.15, -0.1) is 0 Å². The summed E-state index contributed by atoms with van der Waals surface area (Å²) >= 11 is 0. The normalized spacial score (nSPS) is 31.3. The molecule has 0 aromatic carbocycles. The van der Waals surface area contributed by atoms with E-state index in [0.717, 1.165) is 25.5 Å². The van der Waals surface area contributed by atoms with Crippen LogP contribution in [-0.4, -0.2) is 17.4 Å². The molecule has 3 heteroatoms. The molecule has 1 N–H and O–H groups in total. The van der Waals surface area contributed by atoms with E-state index in [9.17, 15) is 9.59 Å². The van der Waals surface area contributed by atoms with Crippen molar-refractivity contribution in [2.75, 3.05) is 0 Å². The van der Waals surface area contributed by atoms with Crippen molar-refractivity contribution in [3.63, 3.8) is 0 Å². The third-order valence-electron chi connectivity index (χ3n) is 2.31. The summed E-state index contributed by atoms with van der Waals surface area (Å²) in [6.07, 6.45) is 4.14. The van der Waals surface area contributed by atoms with E-state index in [1.54, 1.807) is 0 Å². The van der Waals surface area contributed by atoms with Crippen molar-refractivity contribution in [2.45, 2.75) is 25.7 Å². The molecular weight excluding hydrogens is 144 g/mol. The lowest BCUT2D eigenvalue weighted by molar-refractivity contribution is -0.146.